The van der Waals surface area contributed by atoms with E-state index < -0.39 is 0 Å². The number of aromatic nitrogens is 2. The van der Waals surface area contributed by atoms with Gasteiger partial charge in [0.25, 0.3) is 0 Å². The van der Waals surface area contributed by atoms with Crippen LogP contribution in [0, 0.1) is 5.92 Å². The van der Waals surface area contributed by atoms with Crippen LogP contribution in [0.2, 0.25) is 5.02 Å². The van der Waals surface area contributed by atoms with Gasteiger partial charge in [0, 0.05) is 25.3 Å². The third kappa shape index (κ3) is 3.90. The lowest BCUT2D eigenvalue weighted by Crippen LogP contribution is -2.35. The molecule has 2 heterocycles. The van der Waals surface area contributed by atoms with E-state index in [-0.39, 0.29) is 12.1 Å². The maximum Gasteiger partial charge on any atom is 0.0785 e. The lowest BCUT2D eigenvalue weighted by Gasteiger charge is -2.22. The first-order valence-electron chi connectivity index (χ1n) is 8.96. The van der Waals surface area contributed by atoms with Crippen LogP contribution in [0.5, 0.6) is 0 Å². The van der Waals surface area contributed by atoms with Crippen LogP contribution < -0.4 is 5.32 Å². The first-order valence-corrected chi connectivity index (χ1v) is 9.33. The molecule has 25 heavy (non-hydrogen) atoms. The van der Waals surface area contributed by atoms with Crippen LogP contribution in [0.4, 0.5) is 0 Å². The zero-order valence-corrected chi connectivity index (χ0v) is 15.0. The van der Waals surface area contributed by atoms with E-state index in [1.54, 1.807) is 6.20 Å². The highest BCUT2D eigenvalue weighted by atomic mass is 35.5. The lowest BCUT2D eigenvalue weighted by molar-refractivity contribution is 0.109. The summed E-state index contributed by atoms with van der Waals surface area (Å²) in [6.07, 6.45) is 5.92. The van der Waals surface area contributed by atoms with E-state index in [0.29, 0.717) is 17.5 Å². The summed E-state index contributed by atoms with van der Waals surface area (Å²) in [4.78, 5) is 0. The molecule has 6 heteroatoms. The maximum atomic E-state index is 10.4. The van der Waals surface area contributed by atoms with Crippen LogP contribution in [-0.4, -0.2) is 33.6 Å². The summed E-state index contributed by atoms with van der Waals surface area (Å²) in [6, 6.07) is 6.59. The highest BCUT2D eigenvalue weighted by Gasteiger charge is 2.33. The number of nitrogens with one attached hydrogen (secondary N) is 1. The average Bonchev–Trinajstić information content (AvgIpc) is 3.18. The Bertz CT molecular complexity index is 733. The van der Waals surface area contributed by atoms with Crippen molar-refractivity contribution < 1.29 is 9.84 Å². The number of benzene rings is 1. The van der Waals surface area contributed by atoms with Crippen molar-refractivity contribution in [3.05, 3.63) is 52.3 Å². The molecule has 134 valence electrons. The summed E-state index contributed by atoms with van der Waals surface area (Å²) in [5, 5.41) is 18.9. The van der Waals surface area contributed by atoms with Crippen molar-refractivity contribution in [1.82, 2.24) is 15.1 Å². The normalized spacial score (nSPS) is 25.9. The number of hydrogen-bond acceptors (Lipinski definition) is 4. The summed E-state index contributed by atoms with van der Waals surface area (Å²) in [6.45, 7) is 3.08. The van der Waals surface area contributed by atoms with Crippen molar-refractivity contribution in [2.75, 3.05) is 6.61 Å². The first-order chi connectivity index (χ1) is 12.2. The minimum absolute atomic E-state index is 0.122. The van der Waals surface area contributed by atoms with Crippen LogP contribution >= 0.6 is 11.6 Å². The molecule has 5 nitrogen and oxygen atoms in total. The van der Waals surface area contributed by atoms with Gasteiger partial charge in [0.1, 0.15) is 0 Å². The van der Waals surface area contributed by atoms with Crippen LogP contribution in [-0.2, 0) is 30.9 Å². The Kier molecular flexibility index (Phi) is 5.08. The summed E-state index contributed by atoms with van der Waals surface area (Å²) in [7, 11) is 0. The lowest BCUT2D eigenvalue weighted by atomic mass is 9.97. The summed E-state index contributed by atoms with van der Waals surface area (Å²) in [5.74, 6) is 0.413. The fourth-order valence-corrected chi connectivity index (χ4v) is 4.22. The molecule has 1 fully saturated rings. The number of nitrogens with zero attached hydrogens (tertiary/aromatic N) is 2. The Morgan fingerprint density at radius 2 is 2.28 bits per heavy atom. The molecular weight excluding hydrogens is 338 g/mol. The second-order valence-corrected chi connectivity index (χ2v) is 7.57. The summed E-state index contributed by atoms with van der Waals surface area (Å²) < 4.78 is 7.49. The number of aliphatic hydroxyl groups is 1. The van der Waals surface area contributed by atoms with Gasteiger partial charge in [-0.05, 0) is 41.9 Å². The Morgan fingerprint density at radius 1 is 1.36 bits per heavy atom. The molecule has 0 amide bonds. The molecular formula is C19H24ClN3O2. The molecule has 4 rings (SSSR count). The van der Waals surface area contributed by atoms with E-state index in [0.717, 1.165) is 39.0 Å². The summed E-state index contributed by atoms with van der Waals surface area (Å²) in [5.41, 5.74) is 3.99. The van der Waals surface area contributed by atoms with Crippen molar-refractivity contribution in [3.8, 4) is 0 Å². The molecule has 0 spiro atoms. The Morgan fingerprint density at radius 3 is 3.12 bits per heavy atom. The molecule has 1 aliphatic heterocycles. The molecule has 1 aromatic carbocycles. The number of hydrogen-bond donors (Lipinski definition) is 2. The van der Waals surface area contributed by atoms with Crippen LogP contribution in [0.1, 0.15) is 29.5 Å². The van der Waals surface area contributed by atoms with Crippen molar-refractivity contribution in [2.24, 2.45) is 5.92 Å². The van der Waals surface area contributed by atoms with E-state index in [2.05, 4.69) is 28.6 Å². The van der Waals surface area contributed by atoms with E-state index in [4.69, 9.17) is 16.3 Å². The number of halogens is 1. The third-order valence-corrected chi connectivity index (χ3v) is 5.56. The molecule has 2 aliphatic rings. The predicted octanol–water partition coefficient (Wildman–Crippen LogP) is 2.54. The smallest absolute Gasteiger partial charge is 0.0785 e. The monoisotopic (exact) mass is 361 g/mol. The molecule has 0 radical (unpaired) electrons. The van der Waals surface area contributed by atoms with E-state index in [1.165, 1.54) is 16.7 Å². The predicted molar refractivity (Wildman–Crippen MR) is 96.4 cm³/mol. The topological polar surface area (TPSA) is 59.3 Å². The Balaban J connectivity index is 1.35. The quantitative estimate of drug-likeness (QED) is 0.859. The van der Waals surface area contributed by atoms with Gasteiger partial charge in [-0.25, -0.2) is 0 Å². The zero-order chi connectivity index (χ0) is 17.2. The Hall–Kier alpha value is -1.40. The molecule has 2 N–H and O–H groups in total. The van der Waals surface area contributed by atoms with Crippen molar-refractivity contribution in [2.45, 2.75) is 51.1 Å². The van der Waals surface area contributed by atoms with Gasteiger partial charge in [-0.3, -0.25) is 4.68 Å². The van der Waals surface area contributed by atoms with Gasteiger partial charge >= 0.3 is 0 Å². The van der Waals surface area contributed by atoms with Gasteiger partial charge in [-0.15, -0.1) is 0 Å². The molecule has 0 saturated heterocycles. The molecule has 0 bridgehead atoms. The standard InChI is InChI=1S/C19H24ClN3O2/c20-16-9-22-23(11-16)10-13-6-18(19(24)7-13)21-8-15-3-1-2-14-4-5-25-12-17(14)15/h1-3,9,11,13,18-19,21,24H,4-8,10,12H2/t13?,18-,19-/m1/s1. The molecule has 1 unspecified atom stereocenters. The SMILES string of the molecule is O[C@@H]1CC(Cn2cc(Cl)cn2)C[C@H]1NCc1cccc2c1COCC2. The highest BCUT2D eigenvalue weighted by molar-refractivity contribution is 6.30. The highest BCUT2D eigenvalue weighted by Crippen LogP contribution is 2.28. The van der Waals surface area contributed by atoms with Gasteiger partial charge in [-0.2, -0.15) is 5.10 Å². The van der Waals surface area contributed by atoms with Crippen LogP contribution in [0.3, 0.4) is 0 Å². The molecule has 1 aliphatic carbocycles. The molecule has 3 atom stereocenters. The van der Waals surface area contributed by atoms with Gasteiger partial charge in [-0.1, -0.05) is 29.8 Å². The van der Waals surface area contributed by atoms with E-state index >= 15 is 0 Å². The van der Waals surface area contributed by atoms with Crippen LogP contribution in [0.25, 0.3) is 0 Å². The van der Waals surface area contributed by atoms with Gasteiger partial charge in [0.15, 0.2) is 0 Å². The van der Waals surface area contributed by atoms with Crippen molar-refractivity contribution in [1.29, 1.82) is 0 Å². The maximum absolute atomic E-state index is 10.4. The third-order valence-electron chi connectivity index (χ3n) is 5.36. The van der Waals surface area contributed by atoms with Gasteiger partial charge in [0.05, 0.1) is 30.5 Å². The number of aliphatic hydroxyl groups excluding tert-OH is 1. The average molecular weight is 362 g/mol. The van der Waals surface area contributed by atoms with Crippen molar-refractivity contribution in [3.63, 3.8) is 0 Å². The van der Waals surface area contributed by atoms with Gasteiger partial charge in [0.2, 0.25) is 0 Å². The minimum atomic E-state index is -0.313. The van der Waals surface area contributed by atoms with Crippen molar-refractivity contribution >= 4 is 11.6 Å². The molecule has 2 aromatic rings. The number of ether oxygens (including phenoxy) is 1. The molecule has 1 saturated carbocycles. The minimum Gasteiger partial charge on any atom is -0.391 e. The largest absolute Gasteiger partial charge is 0.391 e. The molecule has 1 aromatic heterocycles. The number of fused-ring (bicyclic) bond motifs is 1. The second-order valence-electron chi connectivity index (χ2n) is 7.13. The number of rotatable bonds is 5. The first kappa shape index (κ1) is 17.0. The van der Waals surface area contributed by atoms with Crippen LogP contribution in [0.15, 0.2) is 30.6 Å². The summed E-state index contributed by atoms with van der Waals surface area (Å²) >= 11 is 5.92. The second kappa shape index (κ2) is 7.46. The van der Waals surface area contributed by atoms with E-state index in [1.807, 2.05) is 10.9 Å². The fraction of sp³-hybridized carbons (Fsp3) is 0.526. The fourth-order valence-electron chi connectivity index (χ4n) is 4.06. The van der Waals surface area contributed by atoms with Gasteiger partial charge < -0.3 is 15.2 Å². The zero-order valence-electron chi connectivity index (χ0n) is 14.2. The van der Waals surface area contributed by atoms with E-state index in [9.17, 15) is 5.11 Å². The Labute approximate surface area is 152 Å².